The topological polar surface area (TPSA) is 69.7 Å². The number of hydrogen-bond donors (Lipinski definition) is 1. The highest BCUT2D eigenvalue weighted by Gasteiger charge is 2.21. The number of nitrogens with one attached hydrogen (secondary N) is 1. The molecule has 0 bridgehead atoms. The average Bonchev–Trinajstić information content (AvgIpc) is 2.56. The summed E-state index contributed by atoms with van der Waals surface area (Å²) in [6.45, 7) is 0. The molecule has 1 N–H and O–H groups in total. The van der Waals surface area contributed by atoms with Crippen LogP contribution in [-0.4, -0.2) is 39.8 Å². The first-order chi connectivity index (χ1) is 11.2. The Morgan fingerprint density at radius 3 is 2.00 bits per heavy atom. The van der Waals surface area contributed by atoms with Gasteiger partial charge in [-0.2, -0.15) is 12.7 Å². The Morgan fingerprint density at radius 2 is 1.50 bits per heavy atom. The number of carbonyl (C=O) groups is 1. The molecule has 0 spiro atoms. The van der Waals surface area contributed by atoms with Gasteiger partial charge in [-0.15, -0.1) is 0 Å². The quantitative estimate of drug-likeness (QED) is 0.700. The van der Waals surface area contributed by atoms with Gasteiger partial charge in [-0.25, -0.2) is 0 Å². The number of benzene rings is 2. The molecule has 0 radical (unpaired) electrons. The molecular formula is C16H18IN3O3S. The molecule has 0 heterocycles. The van der Waals surface area contributed by atoms with Crippen LogP contribution in [0.15, 0.2) is 48.5 Å². The number of carbonyl (C=O) groups excluding carboxylic acids is 1. The monoisotopic (exact) mass is 459 g/mol. The second-order valence-electron chi connectivity index (χ2n) is 5.27. The van der Waals surface area contributed by atoms with Crippen LogP contribution in [0.4, 0.5) is 11.4 Å². The Labute approximate surface area is 155 Å². The van der Waals surface area contributed by atoms with Gasteiger partial charge in [0.05, 0.1) is 5.69 Å². The molecule has 2 aromatic rings. The molecular weight excluding hydrogens is 441 g/mol. The zero-order valence-electron chi connectivity index (χ0n) is 13.5. The Bertz CT molecular complexity index is 819. The Kier molecular flexibility index (Phi) is 5.83. The molecule has 0 aromatic heterocycles. The second kappa shape index (κ2) is 7.49. The number of hydrogen-bond acceptors (Lipinski definition) is 3. The van der Waals surface area contributed by atoms with Crippen molar-refractivity contribution < 1.29 is 13.2 Å². The maximum absolute atomic E-state index is 12.2. The van der Waals surface area contributed by atoms with E-state index >= 15 is 0 Å². The van der Waals surface area contributed by atoms with E-state index < -0.39 is 10.2 Å². The first-order valence-electron chi connectivity index (χ1n) is 7.05. The molecule has 8 heteroatoms. The Hall–Kier alpha value is -1.65. The van der Waals surface area contributed by atoms with Crippen molar-refractivity contribution in [2.24, 2.45) is 0 Å². The molecule has 0 atom stereocenters. The minimum Gasteiger partial charge on any atom is -0.322 e. The minimum atomic E-state index is -3.55. The number of halogens is 1. The van der Waals surface area contributed by atoms with Gasteiger partial charge in [0.1, 0.15) is 0 Å². The summed E-state index contributed by atoms with van der Waals surface area (Å²) in [6.07, 6.45) is 0. The summed E-state index contributed by atoms with van der Waals surface area (Å²) in [5.74, 6) is -0.249. The summed E-state index contributed by atoms with van der Waals surface area (Å²) >= 11 is 2.19. The lowest BCUT2D eigenvalue weighted by atomic mass is 10.2. The van der Waals surface area contributed by atoms with E-state index in [0.29, 0.717) is 16.9 Å². The highest BCUT2D eigenvalue weighted by Crippen LogP contribution is 2.19. The van der Waals surface area contributed by atoms with Gasteiger partial charge in [-0.1, -0.05) is 0 Å². The van der Waals surface area contributed by atoms with E-state index in [2.05, 4.69) is 27.9 Å². The molecule has 0 saturated carbocycles. The molecule has 0 saturated heterocycles. The van der Waals surface area contributed by atoms with E-state index in [1.54, 1.807) is 24.3 Å². The lowest BCUT2D eigenvalue weighted by molar-refractivity contribution is 0.102. The predicted molar refractivity (Wildman–Crippen MR) is 105 cm³/mol. The maximum Gasteiger partial charge on any atom is 0.303 e. The van der Waals surface area contributed by atoms with Gasteiger partial charge in [0, 0.05) is 36.0 Å². The third kappa shape index (κ3) is 4.25. The van der Waals surface area contributed by atoms with Crippen LogP contribution in [0.1, 0.15) is 10.4 Å². The molecule has 128 valence electrons. The van der Waals surface area contributed by atoms with Crippen molar-refractivity contribution in [1.82, 2.24) is 4.31 Å². The van der Waals surface area contributed by atoms with Gasteiger partial charge < -0.3 is 5.32 Å². The van der Waals surface area contributed by atoms with Crippen molar-refractivity contribution in [1.29, 1.82) is 0 Å². The zero-order chi connectivity index (χ0) is 17.9. The lowest BCUT2D eigenvalue weighted by Gasteiger charge is -2.23. The van der Waals surface area contributed by atoms with Crippen LogP contribution in [0.25, 0.3) is 0 Å². The molecule has 0 unspecified atom stereocenters. The normalized spacial score (nSPS) is 11.4. The summed E-state index contributed by atoms with van der Waals surface area (Å²) < 4.78 is 27.6. The van der Waals surface area contributed by atoms with Crippen molar-refractivity contribution in [2.45, 2.75) is 0 Å². The predicted octanol–water partition coefficient (Wildman–Crippen LogP) is 2.79. The first kappa shape index (κ1) is 18.7. The van der Waals surface area contributed by atoms with Crippen LogP contribution in [0.2, 0.25) is 0 Å². The number of rotatable bonds is 5. The molecule has 1 amide bonds. The van der Waals surface area contributed by atoms with Gasteiger partial charge in [-0.05, 0) is 71.1 Å². The van der Waals surface area contributed by atoms with Crippen molar-refractivity contribution in [3.8, 4) is 0 Å². The molecule has 0 aliphatic carbocycles. The molecule has 0 aliphatic rings. The molecule has 0 fully saturated rings. The summed E-state index contributed by atoms with van der Waals surface area (Å²) in [7, 11) is 0.852. The summed E-state index contributed by atoms with van der Waals surface area (Å²) in [4.78, 5) is 12.2. The number of nitrogens with zero attached hydrogens (tertiary/aromatic N) is 2. The summed E-state index contributed by atoms with van der Waals surface area (Å²) in [6, 6.07) is 13.9. The van der Waals surface area contributed by atoms with Crippen LogP contribution < -0.4 is 9.62 Å². The van der Waals surface area contributed by atoms with Gasteiger partial charge in [-0.3, -0.25) is 9.10 Å². The van der Waals surface area contributed by atoms with E-state index in [-0.39, 0.29) is 5.91 Å². The van der Waals surface area contributed by atoms with Gasteiger partial charge in [0.2, 0.25) is 0 Å². The van der Waals surface area contributed by atoms with Gasteiger partial charge in [0.15, 0.2) is 0 Å². The van der Waals surface area contributed by atoms with E-state index in [4.69, 9.17) is 0 Å². The lowest BCUT2D eigenvalue weighted by Crippen LogP contribution is -2.37. The van der Waals surface area contributed by atoms with E-state index in [1.807, 2.05) is 24.3 Å². The standard InChI is InChI=1S/C16H18IN3O3S/c1-19(2)24(22,23)20(3)15-10-4-12(5-11-15)16(21)18-14-8-6-13(17)7-9-14/h4-11H,1-3H3,(H,18,21). The van der Waals surface area contributed by atoms with E-state index in [9.17, 15) is 13.2 Å². The molecule has 2 rings (SSSR count). The molecule has 2 aromatic carbocycles. The van der Waals surface area contributed by atoms with E-state index in [0.717, 1.165) is 12.2 Å². The van der Waals surface area contributed by atoms with Gasteiger partial charge >= 0.3 is 10.2 Å². The minimum absolute atomic E-state index is 0.249. The SMILES string of the molecule is CN(C)S(=O)(=O)N(C)c1ccc(C(=O)Nc2ccc(I)cc2)cc1. The van der Waals surface area contributed by atoms with Gasteiger partial charge in [0.25, 0.3) is 5.91 Å². The smallest absolute Gasteiger partial charge is 0.303 e. The average molecular weight is 459 g/mol. The maximum atomic E-state index is 12.2. The van der Waals surface area contributed by atoms with Crippen molar-refractivity contribution in [3.05, 3.63) is 57.7 Å². The van der Waals surface area contributed by atoms with Crippen LogP contribution in [-0.2, 0) is 10.2 Å². The highest BCUT2D eigenvalue weighted by molar-refractivity contribution is 14.1. The fourth-order valence-corrected chi connectivity index (χ4v) is 3.17. The first-order valence-corrected chi connectivity index (χ1v) is 9.53. The van der Waals surface area contributed by atoms with Crippen LogP contribution in [0.5, 0.6) is 0 Å². The third-order valence-electron chi connectivity index (χ3n) is 3.40. The summed E-state index contributed by atoms with van der Waals surface area (Å²) in [5.41, 5.74) is 1.64. The fraction of sp³-hybridized carbons (Fsp3) is 0.188. The van der Waals surface area contributed by atoms with Crippen LogP contribution in [0.3, 0.4) is 0 Å². The number of anilines is 2. The van der Waals surface area contributed by atoms with Crippen molar-refractivity contribution in [3.63, 3.8) is 0 Å². The van der Waals surface area contributed by atoms with Crippen molar-refractivity contribution in [2.75, 3.05) is 30.8 Å². The third-order valence-corrected chi connectivity index (χ3v) is 5.95. The molecule has 6 nitrogen and oxygen atoms in total. The highest BCUT2D eigenvalue weighted by atomic mass is 127. The fourth-order valence-electron chi connectivity index (χ4n) is 1.94. The van der Waals surface area contributed by atoms with E-state index in [1.165, 1.54) is 21.1 Å². The van der Waals surface area contributed by atoms with Crippen molar-refractivity contribution >= 4 is 50.1 Å². The molecule has 24 heavy (non-hydrogen) atoms. The second-order valence-corrected chi connectivity index (χ2v) is 8.68. The summed E-state index contributed by atoms with van der Waals surface area (Å²) in [5, 5.41) is 2.80. The van der Waals surface area contributed by atoms with Crippen LogP contribution in [0, 0.1) is 3.57 Å². The van der Waals surface area contributed by atoms with Crippen LogP contribution >= 0.6 is 22.6 Å². The molecule has 0 aliphatic heterocycles. The number of amides is 1. The Balaban J connectivity index is 2.14. The Morgan fingerprint density at radius 1 is 0.958 bits per heavy atom. The zero-order valence-corrected chi connectivity index (χ0v) is 16.5. The largest absolute Gasteiger partial charge is 0.322 e.